The van der Waals surface area contributed by atoms with Gasteiger partial charge in [0, 0.05) is 44.1 Å². The van der Waals surface area contributed by atoms with Crippen LogP contribution in [0.2, 0.25) is 0 Å². The second kappa shape index (κ2) is 9.71. The lowest BCUT2D eigenvalue weighted by Crippen LogP contribution is -1.95. The first-order valence-corrected chi connectivity index (χ1v) is 15.7. The van der Waals surface area contributed by atoms with E-state index in [-0.39, 0.29) is 0 Å². The van der Waals surface area contributed by atoms with Gasteiger partial charge in [-0.25, -0.2) is 4.85 Å². The molecule has 4 heteroatoms. The summed E-state index contributed by atoms with van der Waals surface area (Å²) in [5, 5.41) is 6.99. The summed E-state index contributed by atoms with van der Waals surface area (Å²) in [5.74, 6) is 0. The van der Waals surface area contributed by atoms with Crippen LogP contribution in [0.15, 0.2) is 156 Å². The van der Waals surface area contributed by atoms with E-state index in [9.17, 15) is 0 Å². The molecule has 7 aromatic carbocycles. The Balaban J connectivity index is 1.11. The molecule has 0 fully saturated rings. The molecule has 0 spiro atoms. The summed E-state index contributed by atoms with van der Waals surface area (Å²) >= 11 is 0. The number of benzene rings is 7. The molecule has 0 saturated heterocycles. The molecule has 0 amide bonds. The van der Waals surface area contributed by atoms with E-state index >= 15 is 0 Å². The Kier molecular flexibility index (Phi) is 5.32. The number of fused-ring (bicyclic) bond motifs is 9. The number of furan rings is 1. The van der Waals surface area contributed by atoms with Gasteiger partial charge in [-0.1, -0.05) is 91.0 Å². The van der Waals surface area contributed by atoms with Gasteiger partial charge >= 0.3 is 0 Å². The Bertz CT molecular complexity index is 2860. The number of aromatic nitrogens is 2. The zero-order valence-electron chi connectivity index (χ0n) is 25.2. The molecule has 218 valence electrons. The molecule has 0 aliphatic heterocycles. The fourth-order valence-electron chi connectivity index (χ4n) is 7.43. The van der Waals surface area contributed by atoms with Crippen molar-refractivity contribution in [3.63, 3.8) is 0 Å². The van der Waals surface area contributed by atoms with E-state index in [2.05, 4.69) is 141 Å². The maximum absolute atomic E-state index is 8.24. The van der Waals surface area contributed by atoms with Crippen molar-refractivity contribution in [1.29, 1.82) is 0 Å². The summed E-state index contributed by atoms with van der Waals surface area (Å²) in [7, 11) is 0. The van der Waals surface area contributed by atoms with Crippen LogP contribution < -0.4 is 0 Å². The summed E-state index contributed by atoms with van der Waals surface area (Å²) in [6.07, 6.45) is 0. The van der Waals surface area contributed by atoms with E-state index in [1.807, 2.05) is 24.3 Å². The third-order valence-corrected chi connectivity index (χ3v) is 9.55. The molecule has 0 atom stereocenters. The van der Waals surface area contributed by atoms with Gasteiger partial charge in [0.25, 0.3) is 0 Å². The standard InChI is InChI=1S/C43H25N3O/c1-44-36-24-28(27-18-21-29(22-19-27)45-37-14-6-2-10-30(37)31-11-3-7-15-38(31)45)20-23-40(36)46-39-16-8-4-12-32(39)34-25-35-33-13-5-9-17-42(33)47-43(35)26-41(34)46/h2-26H. The summed E-state index contributed by atoms with van der Waals surface area (Å²) in [6, 6.07) is 52.9. The van der Waals surface area contributed by atoms with E-state index in [4.69, 9.17) is 11.0 Å². The van der Waals surface area contributed by atoms with Crippen LogP contribution in [0.1, 0.15) is 0 Å². The van der Waals surface area contributed by atoms with Crippen molar-refractivity contribution in [2.45, 2.75) is 0 Å². The van der Waals surface area contributed by atoms with Crippen molar-refractivity contribution >= 4 is 71.2 Å². The van der Waals surface area contributed by atoms with Gasteiger partial charge in [-0.05, 0) is 65.7 Å². The molecule has 0 saturated carbocycles. The average molecular weight is 600 g/mol. The van der Waals surface area contributed by atoms with E-state index in [0.717, 1.165) is 66.2 Å². The highest BCUT2D eigenvalue weighted by atomic mass is 16.3. The first-order chi connectivity index (χ1) is 23.3. The molecule has 3 aromatic heterocycles. The average Bonchev–Trinajstić information content (AvgIpc) is 3.78. The van der Waals surface area contributed by atoms with Crippen molar-refractivity contribution in [2.75, 3.05) is 0 Å². The van der Waals surface area contributed by atoms with Crippen molar-refractivity contribution in [1.82, 2.24) is 9.13 Å². The smallest absolute Gasteiger partial charge is 0.211 e. The van der Waals surface area contributed by atoms with Crippen LogP contribution in [-0.2, 0) is 0 Å². The van der Waals surface area contributed by atoms with Gasteiger partial charge in [0.2, 0.25) is 5.69 Å². The molecule has 0 radical (unpaired) electrons. The monoisotopic (exact) mass is 599 g/mol. The van der Waals surface area contributed by atoms with Crippen LogP contribution >= 0.6 is 0 Å². The van der Waals surface area contributed by atoms with Gasteiger partial charge in [0.1, 0.15) is 11.2 Å². The Morgan fingerprint density at radius 2 is 1.00 bits per heavy atom. The molecule has 10 rings (SSSR count). The highest BCUT2D eigenvalue weighted by Crippen LogP contribution is 2.41. The van der Waals surface area contributed by atoms with Gasteiger partial charge in [-0.2, -0.15) is 0 Å². The lowest BCUT2D eigenvalue weighted by molar-refractivity contribution is 0.669. The van der Waals surface area contributed by atoms with Gasteiger partial charge < -0.3 is 13.6 Å². The van der Waals surface area contributed by atoms with E-state index in [1.165, 1.54) is 21.8 Å². The first kappa shape index (κ1) is 25.7. The van der Waals surface area contributed by atoms with Crippen LogP contribution in [0.25, 0.3) is 92.9 Å². The largest absolute Gasteiger partial charge is 0.456 e. The number of hydrogen-bond acceptors (Lipinski definition) is 1. The third-order valence-electron chi connectivity index (χ3n) is 9.55. The van der Waals surface area contributed by atoms with Crippen molar-refractivity contribution in [3.8, 4) is 22.5 Å². The molecule has 0 bridgehead atoms. The van der Waals surface area contributed by atoms with Gasteiger partial charge in [-0.15, -0.1) is 0 Å². The number of hydrogen-bond donors (Lipinski definition) is 0. The van der Waals surface area contributed by atoms with E-state index < -0.39 is 0 Å². The molecule has 0 aliphatic rings. The van der Waals surface area contributed by atoms with Gasteiger partial charge in [0.05, 0.1) is 34.3 Å². The Morgan fingerprint density at radius 3 is 1.68 bits per heavy atom. The molecule has 0 aliphatic carbocycles. The predicted molar refractivity (Wildman–Crippen MR) is 194 cm³/mol. The second-order valence-electron chi connectivity index (χ2n) is 12.0. The van der Waals surface area contributed by atoms with Gasteiger partial charge in [-0.3, -0.25) is 0 Å². The van der Waals surface area contributed by atoms with Crippen LogP contribution in [0, 0.1) is 6.57 Å². The Morgan fingerprint density at radius 1 is 0.426 bits per heavy atom. The number of nitrogens with zero attached hydrogens (tertiary/aromatic N) is 3. The lowest BCUT2D eigenvalue weighted by atomic mass is 10.0. The summed E-state index contributed by atoms with van der Waals surface area (Å²) in [6.45, 7) is 8.24. The third kappa shape index (κ3) is 3.69. The maximum atomic E-state index is 8.24. The van der Waals surface area contributed by atoms with Crippen LogP contribution in [0.5, 0.6) is 0 Å². The lowest BCUT2D eigenvalue weighted by Gasteiger charge is -2.13. The van der Waals surface area contributed by atoms with Crippen LogP contribution in [0.4, 0.5) is 5.69 Å². The summed E-state index contributed by atoms with van der Waals surface area (Å²) in [4.78, 5) is 4.05. The van der Waals surface area contributed by atoms with Crippen LogP contribution in [0.3, 0.4) is 0 Å². The molecule has 0 unspecified atom stereocenters. The fourth-order valence-corrected chi connectivity index (χ4v) is 7.43. The predicted octanol–water partition coefficient (Wildman–Crippen LogP) is 12.0. The first-order valence-electron chi connectivity index (χ1n) is 15.7. The molecule has 4 nitrogen and oxygen atoms in total. The molecule has 10 aromatic rings. The molecule has 3 heterocycles. The number of rotatable bonds is 3. The van der Waals surface area contributed by atoms with Crippen molar-refractivity contribution < 1.29 is 4.42 Å². The van der Waals surface area contributed by atoms with Crippen molar-refractivity contribution in [3.05, 3.63) is 163 Å². The minimum atomic E-state index is 0.598. The Hall–Kier alpha value is -6.57. The number of para-hydroxylation sites is 4. The zero-order valence-corrected chi connectivity index (χ0v) is 25.2. The van der Waals surface area contributed by atoms with E-state index in [0.29, 0.717) is 5.69 Å². The second-order valence-corrected chi connectivity index (χ2v) is 12.0. The van der Waals surface area contributed by atoms with Crippen LogP contribution in [-0.4, -0.2) is 9.13 Å². The fraction of sp³-hybridized carbons (Fsp3) is 0. The normalized spacial score (nSPS) is 11.8. The SMILES string of the molecule is [C-]#[N+]c1cc(-c2ccc(-n3c4ccccc4c4ccccc43)cc2)ccc1-n1c2ccccc2c2cc3c(cc21)oc1ccccc13. The maximum Gasteiger partial charge on any atom is 0.211 e. The zero-order chi connectivity index (χ0) is 31.1. The highest BCUT2D eigenvalue weighted by molar-refractivity contribution is 6.17. The topological polar surface area (TPSA) is 27.4 Å². The summed E-state index contributed by atoms with van der Waals surface area (Å²) < 4.78 is 10.8. The molecular formula is C43H25N3O. The highest BCUT2D eigenvalue weighted by Gasteiger charge is 2.19. The molecular weight excluding hydrogens is 574 g/mol. The minimum absolute atomic E-state index is 0.598. The van der Waals surface area contributed by atoms with Crippen molar-refractivity contribution in [2.24, 2.45) is 0 Å². The molecule has 47 heavy (non-hydrogen) atoms. The van der Waals surface area contributed by atoms with Gasteiger partial charge in [0.15, 0.2) is 0 Å². The summed E-state index contributed by atoms with van der Waals surface area (Å²) in [5.41, 5.74) is 10.8. The minimum Gasteiger partial charge on any atom is -0.456 e. The quantitative estimate of drug-likeness (QED) is 0.186. The molecule has 0 N–H and O–H groups in total. The Labute approximate surface area is 269 Å². The van der Waals surface area contributed by atoms with E-state index in [1.54, 1.807) is 0 Å².